The number of aliphatic hydroxyl groups is 1. The molecule has 1 amide bonds. The third kappa shape index (κ3) is 5.61. The normalized spacial score (nSPS) is 12.3. The van der Waals surface area contributed by atoms with E-state index < -0.39 is 0 Å². The molecule has 0 aliphatic carbocycles. The Morgan fingerprint density at radius 2 is 2.00 bits per heavy atom. The van der Waals surface area contributed by atoms with Crippen LogP contribution in [0, 0.1) is 19.8 Å². The molecule has 20 heavy (non-hydrogen) atoms. The number of benzene rings is 1. The van der Waals surface area contributed by atoms with Crippen LogP contribution in [0.1, 0.15) is 31.4 Å². The summed E-state index contributed by atoms with van der Waals surface area (Å²) in [6.07, 6.45) is 0.756. The van der Waals surface area contributed by atoms with Gasteiger partial charge in [-0.15, -0.1) is 0 Å². The molecule has 1 aromatic carbocycles. The molecular weight excluding hydrogens is 254 g/mol. The number of carbonyl (C=O) groups is 1. The second-order valence-corrected chi connectivity index (χ2v) is 5.61. The lowest BCUT2D eigenvalue weighted by molar-refractivity contribution is -0.124. The van der Waals surface area contributed by atoms with Crippen molar-refractivity contribution in [1.29, 1.82) is 0 Å². The minimum Gasteiger partial charge on any atom is -0.484 e. The molecule has 0 saturated heterocycles. The van der Waals surface area contributed by atoms with E-state index in [0.717, 1.165) is 12.0 Å². The zero-order valence-electron chi connectivity index (χ0n) is 12.8. The summed E-state index contributed by atoms with van der Waals surface area (Å²) >= 11 is 0. The van der Waals surface area contributed by atoms with E-state index >= 15 is 0 Å². The summed E-state index contributed by atoms with van der Waals surface area (Å²) in [4.78, 5) is 11.8. The van der Waals surface area contributed by atoms with E-state index in [-0.39, 0.29) is 25.2 Å². The predicted octanol–water partition coefficient (Wildman–Crippen LogP) is 2.21. The van der Waals surface area contributed by atoms with E-state index in [1.165, 1.54) is 5.56 Å². The molecule has 0 fully saturated rings. The van der Waals surface area contributed by atoms with Crippen LogP contribution in [0.25, 0.3) is 0 Å². The van der Waals surface area contributed by atoms with E-state index in [9.17, 15) is 9.90 Å². The molecule has 112 valence electrons. The highest BCUT2D eigenvalue weighted by atomic mass is 16.5. The third-order valence-electron chi connectivity index (χ3n) is 3.19. The number of ether oxygens (including phenoxy) is 1. The Bertz CT molecular complexity index is 443. The van der Waals surface area contributed by atoms with Gasteiger partial charge in [0, 0.05) is 0 Å². The van der Waals surface area contributed by atoms with Crippen molar-refractivity contribution in [3.63, 3.8) is 0 Å². The van der Waals surface area contributed by atoms with Crippen molar-refractivity contribution in [1.82, 2.24) is 5.32 Å². The Morgan fingerprint density at radius 3 is 2.55 bits per heavy atom. The molecule has 2 N–H and O–H groups in total. The molecule has 1 aromatic rings. The fourth-order valence-electron chi connectivity index (χ4n) is 1.97. The molecule has 0 spiro atoms. The van der Waals surface area contributed by atoms with Gasteiger partial charge in [0.1, 0.15) is 5.75 Å². The summed E-state index contributed by atoms with van der Waals surface area (Å²) < 4.78 is 5.46. The molecule has 4 nitrogen and oxygen atoms in total. The van der Waals surface area contributed by atoms with Crippen LogP contribution >= 0.6 is 0 Å². The largest absolute Gasteiger partial charge is 0.484 e. The summed E-state index contributed by atoms with van der Waals surface area (Å²) in [5, 5.41) is 12.0. The summed E-state index contributed by atoms with van der Waals surface area (Å²) in [5.74, 6) is 0.906. The summed E-state index contributed by atoms with van der Waals surface area (Å²) in [6.45, 7) is 8.07. The Hall–Kier alpha value is -1.55. The van der Waals surface area contributed by atoms with Gasteiger partial charge in [-0.1, -0.05) is 19.9 Å². The van der Waals surface area contributed by atoms with E-state index in [0.29, 0.717) is 11.7 Å². The second-order valence-electron chi connectivity index (χ2n) is 5.61. The maximum absolute atomic E-state index is 11.8. The van der Waals surface area contributed by atoms with Gasteiger partial charge in [0.05, 0.1) is 12.6 Å². The molecule has 1 atom stereocenters. The SMILES string of the molecule is Cc1ccc(OCC(=O)NC(CO)CC(C)C)cc1C. The van der Waals surface area contributed by atoms with Crippen molar-refractivity contribution >= 4 is 5.91 Å². The smallest absolute Gasteiger partial charge is 0.258 e. The topological polar surface area (TPSA) is 58.6 Å². The van der Waals surface area contributed by atoms with Crippen LogP contribution in [0.5, 0.6) is 5.75 Å². The summed E-state index contributed by atoms with van der Waals surface area (Å²) in [6, 6.07) is 5.54. The van der Waals surface area contributed by atoms with Gasteiger partial charge in [0.25, 0.3) is 5.91 Å². The molecule has 1 rings (SSSR count). The minimum absolute atomic E-state index is 0.0307. The Balaban J connectivity index is 2.44. The lowest BCUT2D eigenvalue weighted by Gasteiger charge is -2.18. The Morgan fingerprint density at radius 1 is 1.30 bits per heavy atom. The van der Waals surface area contributed by atoms with Crippen molar-refractivity contribution in [2.75, 3.05) is 13.2 Å². The van der Waals surface area contributed by atoms with E-state index in [1.807, 2.05) is 32.0 Å². The number of aliphatic hydroxyl groups excluding tert-OH is 1. The third-order valence-corrected chi connectivity index (χ3v) is 3.19. The number of nitrogens with one attached hydrogen (secondary N) is 1. The molecule has 0 aliphatic rings. The number of rotatable bonds is 7. The molecular formula is C16H25NO3. The highest BCUT2D eigenvalue weighted by Gasteiger charge is 2.13. The number of carbonyl (C=O) groups excluding carboxylic acids is 1. The van der Waals surface area contributed by atoms with Crippen LogP contribution in [0.15, 0.2) is 18.2 Å². The number of amides is 1. The fraction of sp³-hybridized carbons (Fsp3) is 0.562. The Labute approximate surface area is 121 Å². The summed E-state index contributed by atoms with van der Waals surface area (Å²) in [5.41, 5.74) is 2.33. The highest BCUT2D eigenvalue weighted by Crippen LogP contribution is 2.16. The number of hydrogen-bond donors (Lipinski definition) is 2. The van der Waals surface area contributed by atoms with E-state index in [1.54, 1.807) is 0 Å². The molecule has 0 aliphatic heterocycles. The monoisotopic (exact) mass is 279 g/mol. The predicted molar refractivity (Wildman–Crippen MR) is 79.9 cm³/mol. The molecule has 0 aromatic heterocycles. The maximum Gasteiger partial charge on any atom is 0.258 e. The first-order chi connectivity index (χ1) is 9.42. The molecule has 0 saturated carbocycles. The Kier molecular flexibility index (Phi) is 6.52. The van der Waals surface area contributed by atoms with Gasteiger partial charge in [-0.25, -0.2) is 0 Å². The van der Waals surface area contributed by atoms with E-state index in [2.05, 4.69) is 19.2 Å². The first-order valence-electron chi connectivity index (χ1n) is 7.02. The molecule has 0 bridgehead atoms. The van der Waals surface area contributed by atoms with Gasteiger partial charge < -0.3 is 15.2 Å². The molecule has 0 radical (unpaired) electrons. The van der Waals surface area contributed by atoms with Crippen LogP contribution in [0.3, 0.4) is 0 Å². The van der Waals surface area contributed by atoms with Crippen molar-refractivity contribution in [3.8, 4) is 5.75 Å². The first kappa shape index (κ1) is 16.5. The standard InChI is InChI=1S/C16H25NO3/c1-11(2)7-14(9-18)17-16(19)10-20-15-6-5-12(3)13(4)8-15/h5-6,8,11,14,18H,7,9-10H2,1-4H3,(H,17,19). The van der Waals surface area contributed by atoms with Gasteiger partial charge in [-0.3, -0.25) is 4.79 Å². The van der Waals surface area contributed by atoms with Crippen LogP contribution in [0.4, 0.5) is 0 Å². The average molecular weight is 279 g/mol. The van der Waals surface area contributed by atoms with Crippen molar-refractivity contribution < 1.29 is 14.6 Å². The molecule has 4 heteroatoms. The zero-order chi connectivity index (χ0) is 15.1. The van der Waals surface area contributed by atoms with Crippen molar-refractivity contribution in [2.24, 2.45) is 5.92 Å². The quantitative estimate of drug-likeness (QED) is 0.804. The van der Waals surface area contributed by atoms with Crippen LogP contribution < -0.4 is 10.1 Å². The molecule has 0 heterocycles. The fourth-order valence-corrected chi connectivity index (χ4v) is 1.97. The zero-order valence-corrected chi connectivity index (χ0v) is 12.8. The molecule has 1 unspecified atom stereocenters. The first-order valence-corrected chi connectivity index (χ1v) is 7.02. The maximum atomic E-state index is 11.8. The van der Waals surface area contributed by atoms with Crippen molar-refractivity contribution in [3.05, 3.63) is 29.3 Å². The lowest BCUT2D eigenvalue weighted by atomic mass is 10.0. The summed E-state index contributed by atoms with van der Waals surface area (Å²) in [7, 11) is 0. The van der Waals surface area contributed by atoms with Gasteiger partial charge in [0.15, 0.2) is 6.61 Å². The highest BCUT2D eigenvalue weighted by molar-refractivity contribution is 5.77. The number of aryl methyl sites for hydroxylation is 2. The minimum atomic E-state index is -0.206. The van der Waals surface area contributed by atoms with Crippen LogP contribution in [-0.4, -0.2) is 30.3 Å². The van der Waals surface area contributed by atoms with Crippen LogP contribution in [0.2, 0.25) is 0 Å². The lowest BCUT2D eigenvalue weighted by Crippen LogP contribution is -2.40. The van der Waals surface area contributed by atoms with Gasteiger partial charge in [-0.05, 0) is 49.4 Å². The average Bonchev–Trinajstić information content (AvgIpc) is 2.39. The van der Waals surface area contributed by atoms with Crippen LogP contribution in [-0.2, 0) is 4.79 Å². The van der Waals surface area contributed by atoms with Gasteiger partial charge in [-0.2, -0.15) is 0 Å². The van der Waals surface area contributed by atoms with Crippen molar-refractivity contribution in [2.45, 2.75) is 40.2 Å². The van der Waals surface area contributed by atoms with Gasteiger partial charge in [0.2, 0.25) is 0 Å². The van der Waals surface area contributed by atoms with E-state index in [4.69, 9.17) is 4.74 Å². The number of hydrogen-bond acceptors (Lipinski definition) is 3. The second kappa shape index (κ2) is 7.90. The van der Waals surface area contributed by atoms with Gasteiger partial charge >= 0.3 is 0 Å².